The van der Waals surface area contributed by atoms with Crippen LogP contribution in [-0.2, 0) is 4.74 Å². The summed E-state index contributed by atoms with van der Waals surface area (Å²) in [7, 11) is 8.12. The number of benzene rings is 1. The molecule has 132 valence electrons. The number of rotatable bonds is 6. The molecule has 3 atom stereocenters. The van der Waals surface area contributed by atoms with Crippen molar-refractivity contribution < 1.29 is 9.53 Å². The van der Waals surface area contributed by atoms with Crippen LogP contribution in [0.3, 0.4) is 0 Å². The molecule has 1 amide bonds. The van der Waals surface area contributed by atoms with Crippen molar-refractivity contribution >= 4 is 11.6 Å². The second-order valence-corrected chi connectivity index (χ2v) is 7.44. The van der Waals surface area contributed by atoms with Crippen LogP contribution in [0.2, 0.25) is 0 Å². The third-order valence-electron chi connectivity index (χ3n) is 5.25. The van der Waals surface area contributed by atoms with Crippen LogP contribution in [0, 0.1) is 5.92 Å². The predicted molar refractivity (Wildman–Crippen MR) is 96.6 cm³/mol. The van der Waals surface area contributed by atoms with Gasteiger partial charge in [-0.2, -0.15) is 0 Å². The van der Waals surface area contributed by atoms with Gasteiger partial charge in [0.05, 0.1) is 18.8 Å². The summed E-state index contributed by atoms with van der Waals surface area (Å²) < 4.78 is 6.13. The maximum absolute atomic E-state index is 12.9. The van der Waals surface area contributed by atoms with E-state index < -0.39 is 0 Å². The van der Waals surface area contributed by atoms with Crippen molar-refractivity contribution in [1.29, 1.82) is 0 Å². The first-order valence-corrected chi connectivity index (χ1v) is 8.82. The Morgan fingerprint density at radius 1 is 1.17 bits per heavy atom. The first-order valence-electron chi connectivity index (χ1n) is 8.82. The van der Waals surface area contributed by atoms with Crippen molar-refractivity contribution in [1.82, 2.24) is 9.80 Å². The van der Waals surface area contributed by atoms with Gasteiger partial charge in [0, 0.05) is 44.4 Å². The molecule has 5 nitrogen and oxygen atoms in total. The summed E-state index contributed by atoms with van der Waals surface area (Å²) >= 11 is 0. The molecule has 5 heteroatoms. The van der Waals surface area contributed by atoms with Crippen LogP contribution in [0.1, 0.15) is 23.2 Å². The van der Waals surface area contributed by atoms with Crippen LogP contribution in [-0.4, -0.2) is 75.7 Å². The van der Waals surface area contributed by atoms with E-state index in [1.54, 1.807) is 0 Å². The second kappa shape index (κ2) is 7.11. The van der Waals surface area contributed by atoms with Crippen LogP contribution in [0.15, 0.2) is 24.3 Å². The van der Waals surface area contributed by atoms with Gasteiger partial charge < -0.3 is 19.4 Å². The van der Waals surface area contributed by atoms with E-state index in [4.69, 9.17) is 4.74 Å². The monoisotopic (exact) mass is 331 g/mol. The summed E-state index contributed by atoms with van der Waals surface area (Å²) in [5, 5.41) is 0. The molecule has 2 fully saturated rings. The molecule has 3 unspecified atom stereocenters. The van der Waals surface area contributed by atoms with Gasteiger partial charge in [-0.25, -0.2) is 0 Å². The zero-order valence-corrected chi connectivity index (χ0v) is 15.2. The van der Waals surface area contributed by atoms with Gasteiger partial charge in [-0.1, -0.05) is 0 Å². The van der Waals surface area contributed by atoms with Gasteiger partial charge in [0.15, 0.2) is 0 Å². The molecule has 1 saturated heterocycles. The molecule has 1 aromatic rings. The summed E-state index contributed by atoms with van der Waals surface area (Å²) in [4.78, 5) is 19.1. The number of hydrogen-bond donors (Lipinski definition) is 0. The van der Waals surface area contributed by atoms with E-state index in [1.165, 1.54) is 6.42 Å². The minimum atomic E-state index is 0.147. The smallest absolute Gasteiger partial charge is 0.254 e. The molecule has 1 saturated carbocycles. The first kappa shape index (κ1) is 17.2. The number of amides is 1. The van der Waals surface area contributed by atoms with E-state index in [-0.39, 0.29) is 18.1 Å². The average molecular weight is 331 g/mol. The molecule has 2 bridgehead atoms. The second-order valence-electron chi connectivity index (χ2n) is 7.44. The fraction of sp³-hybridized carbons (Fsp3) is 0.632. The zero-order valence-electron chi connectivity index (χ0n) is 15.2. The molecule has 0 N–H and O–H groups in total. The molecule has 2 aliphatic rings. The third-order valence-corrected chi connectivity index (χ3v) is 5.25. The Hall–Kier alpha value is -1.59. The lowest BCUT2D eigenvalue weighted by molar-refractivity contribution is 0.0201. The van der Waals surface area contributed by atoms with Gasteiger partial charge in [-0.15, -0.1) is 0 Å². The van der Waals surface area contributed by atoms with E-state index in [0.29, 0.717) is 5.92 Å². The van der Waals surface area contributed by atoms with Crippen LogP contribution >= 0.6 is 0 Å². The zero-order chi connectivity index (χ0) is 17.3. The molecule has 1 heterocycles. The van der Waals surface area contributed by atoms with Crippen molar-refractivity contribution in [2.24, 2.45) is 5.92 Å². The highest BCUT2D eigenvalue weighted by Crippen LogP contribution is 2.40. The molecule has 0 aromatic heterocycles. The van der Waals surface area contributed by atoms with Crippen LogP contribution in [0.4, 0.5) is 5.69 Å². The molecular weight excluding hydrogens is 302 g/mol. The fourth-order valence-electron chi connectivity index (χ4n) is 3.86. The highest BCUT2D eigenvalue weighted by atomic mass is 16.5. The number of likely N-dealkylation sites (tertiary alicyclic amines) is 1. The topological polar surface area (TPSA) is 36.0 Å². The summed E-state index contributed by atoms with van der Waals surface area (Å²) in [6.45, 7) is 2.51. The Kier molecular flexibility index (Phi) is 5.11. The van der Waals surface area contributed by atoms with Crippen molar-refractivity contribution in [3.8, 4) is 0 Å². The number of hydrogen-bond acceptors (Lipinski definition) is 4. The van der Waals surface area contributed by atoms with Crippen molar-refractivity contribution in [2.45, 2.75) is 25.0 Å². The van der Waals surface area contributed by atoms with Gasteiger partial charge in [0.2, 0.25) is 0 Å². The first-order chi connectivity index (χ1) is 11.5. The van der Waals surface area contributed by atoms with Gasteiger partial charge in [0.1, 0.15) is 0 Å². The Bertz CT molecular complexity index is 570. The molecule has 1 aliphatic carbocycles. The van der Waals surface area contributed by atoms with Gasteiger partial charge in [-0.3, -0.25) is 4.79 Å². The lowest BCUT2D eigenvalue weighted by Crippen LogP contribution is -2.40. The summed E-state index contributed by atoms with van der Waals surface area (Å²) in [6.07, 6.45) is 2.47. The molecular formula is C19H29N3O2. The molecule has 3 rings (SSSR count). The number of fused-ring (bicyclic) bond motifs is 2. The SMILES string of the molecule is CN(C)CCOC1C2CCC1N(C(=O)c1ccc(N(C)C)cc1)C2. The number of carbonyl (C=O) groups is 1. The average Bonchev–Trinajstić information content (AvgIpc) is 3.11. The van der Waals surface area contributed by atoms with Crippen LogP contribution < -0.4 is 4.90 Å². The molecule has 1 aromatic carbocycles. The lowest BCUT2D eigenvalue weighted by Gasteiger charge is -2.27. The molecule has 0 radical (unpaired) electrons. The van der Waals surface area contributed by atoms with E-state index >= 15 is 0 Å². The maximum Gasteiger partial charge on any atom is 0.254 e. The normalized spacial score (nSPS) is 25.5. The fourth-order valence-corrected chi connectivity index (χ4v) is 3.86. The number of piperidine rings is 1. The Morgan fingerprint density at radius 3 is 2.50 bits per heavy atom. The summed E-state index contributed by atoms with van der Waals surface area (Å²) in [5.41, 5.74) is 1.89. The van der Waals surface area contributed by atoms with Crippen LogP contribution in [0.25, 0.3) is 0 Å². The summed E-state index contributed by atoms with van der Waals surface area (Å²) in [5.74, 6) is 0.649. The van der Waals surface area contributed by atoms with Crippen molar-refractivity contribution in [3.05, 3.63) is 29.8 Å². The Morgan fingerprint density at radius 2 is 1.88 bits per heavy atom. The van der Waals surface area contributed by atoms with Gasteiger partial charge in [-0.05, 0) is 51.2 Å². The summed E-state index contributed by atoms with van der Waals surface area (Å²) in [6, 6.07) is 8.13. The van der Waals surface area contributed by atoms with E-state index in [0.717, 1.165) is 37.4 Å². The number of likely N-dealkylation sites (N-methyl/N-ethyl adjacent to an activating group) is 1. The number of ether oxygens (including phenoxy) is 1. The quantitative estimate of drug-likeness (QED) is 0.798. The van der Waals surface area contributed by atoms with E-state index in [1.807, 2.05) is 48.2 Å². The van der Waals surface area contributed by atoms with E-state index in [9.17, 15) is 4.79 Å². The number of nitrogens with zero attached hydrogens (tertiary/aromatic N) is 3. The van der Waals surface area contributed by atoms with Gasteiger partial charge in [0.25, 0.3) is 5.91 Å². The van der Waals surface area contributed by atoms with E-state index in [2.05, 4.69) is 19.0 Å². The number of anilines is 1. The molecule has 0 spiro atoms. The Labute approximate surface area is 145 Å². The minimum absolute atomic E-state index is 0.147. The van der Waals surface area contributed by atoms with Crippen LogP contribution in [0.5, 0.6) is 0 Å². The number of carbonyl (C=O) groups excluding carboxylic acids is 1. The largest absolute Gasteiger partial charge is 0.378 e. The minimum Gasteiger partial charge on any atom is -0.378 e. The standard InChI is InChI=1S/C19H29N3O2/c1-20(2)11-12-24-18-15-7-10-17(18)22(13-15)19(23)14-5-8-16(9-6-14)21(3)4/h5-6,8-9,15,17-18H,7,10-13H2,1-4H3. The molecule has 1 aliphatic heterocycles. The maximum atomic E-state index is 12.9. The third kappa shape index (κ3) is 3.42. The van der Waals surface area contributed by atoms with Crippen molar-refractivity contribution in [2.75, 3.05) is 52.8 Å². The van der Waals surface area contributed by atoms with Gasteiger partial charge >= 0.3 is 0 Å². The van der Waals surface area contributed by atoms with Crippen molar-refractivity contribution in [3.63, 3.8) is 0 Å². The highest BCUT2D eigenvalue weighted by Gasteiger charge is 2.49. The lowest BCUT2D eigenvalue weighted by atomic mass is 10.1. The highest BCUT2D eigenvalue weighted by molar-refractivity contribution is 5.95. The predicted octanol–water partition coefficient (Wildman–Crippen LogP) is 1.93. The molecule has 24 heavy (non-hydrogen) atoms. The Balaban J connectivity index is 1.64.